The summed E-state index contributed by atoms with van der Waals surface area (Å²) in [5.41, 5.74) is 2.67. The summed E-state index contributed by atoms with van der Waals surface area (Å²) in [7, 11) is 0. The molecule has 1 atom stereocenters. The number of hydrogen-bond donors (Lipinski definition) is 1. The molecule has 0 saturated carbocycles. The van der Waals surface area contributed by atoms with Gasteiger partial charge < -0.3 is 5.32 Å². The minimum Gasteiger partial charge on any atom is -0.325 e. The van der Waals surface area contributed by atoms with Crippen LogP contribution in [0.2, 0.25) is 10.0 Å². The van der Waals surface area contributed by atoms with Crippen molar-refractivity contribution in [2.75, 3.05) is 5.32 Å². The number of rotatable bonds is 2. The first-order valence-electron chi connectivity index (χ1n) is 6.17. The van der Waals surface area contributed by atoms with Crippen molar-refractivity contribution in [3.63, 3.8) is 0 Å². The Hall–Kier alpha value is -1.10. The van der Waals surface area contributed by atoms with Crippen molar-refractivity contribution in [2.24, 2.45) is 0 Å². The van der Waals surface area contributed by atoms with Crippen LogP contribution >= 0.6 is 39.1 Å². The molecular formula is C15H9BrCl2FNO. The van der Waals surface area contributed by atoms with Crippen LogP contribution < -0.4 is 5.32 Å². The smallest absolute Gasteiger partial charge is 0.228 e. The average Bonchev–Trinajstić information content (AvgIpc) is 2.79. The Kier molecular flexibility index (Phi) is 3.95. The van der Waals surface area contributed by atoms with Crippen LogP contribution in [0.3, 0.4) is 0 Å². The van der Waals surface area contributed by atoms with Gasteiger partial charge in [-0.2, -0.15) is 0 Å². The van der Waals surface area contributed by atoms with E-state index >= 15 is 0 Å². The zero-order chi connectivity index (χ0) is 15.1. The van der Waals surface area contributed by atoms with Gasteiger partial charge in [0.2, 0.25) is 5.91 Å². The number of amides is 1. The van der Waals surface area contributed by atoms with Gasteiger partial charge in [-0.05, 0) is 23.3 Å². The van der Waals surface area contributed by atoms with Gasteiger partial charge in [-0.15, -0.1) is 0 Å². The summed E-state index contributed by atoms with van der Waals surface area (Å²) in [5, 5.41) is 3.25. The van der Waals surface area contributed by atoms with E-state index in [0.717, 1.165) is 5.56 Å². The Morgan fingerprint density at radius 2 is 1.95 bits per heavy atom. The summed E-state index contributed by atoms with van der Waals surface area (Å²) < 4.78 is 14.1. The lowest BCUT2D eigenvalue weighted by Crippen LogP contribution is -2.03. The van der Waals surface area contributed by atoms with Crippen LogP contribution in [0, 0.1) is 5.82 Å². The average molecular weight is 389 g/mol. The highest BCUT2D eigenvalue weighted by Gasteiger charge is 2.24. The van der Waals surface area contributed by atoms with Crippen molar-refractivity contribution in [3.05, 3.63) is 62.9 Å². The third-order valence-corrected chi connectivity index (χ3v) is 4.98. The van der Waals surface area contributed by atoms with Gasteiger partial charge in [-0.3, -0.25) is 4.79 Å². The number of hydrogen-bond acceptors (Lipinski definition) is 1. The Labute approximate surface area is 139 Å². The molecule has 0 radical (unpaired) electrons. The third-order valence-electron chi connectivity index (χ3n) is 3.38. The van der Waals surface area contributed by atoms with Gasteiger partial charge in [0.15, 0.2) is 0 Å². The van der Waals surface area contributed by atoms with E-state index in [-0.39, 0.29) is 10.9 Å². The summed E-state index contributed by atoms with van der Waals surface area (Å²) in [4.78, 5) is 11.0. The van der Waals surface area contributed by atoms with Gasteiger partial charge in [0.05, 0.1) is 16.3 Å². The molecule has 2 aromatic rings. The van der Waals surface area contributed by atoms with Crippen molar-refractivity contribution < 1.29 is 9.18 Å². The molecule has 0 fully saturated rings. The molecular weight excluding hydrogens is 380 g/mol. The van der Waals surface area contributed by atoms with E-state index in [2.05, 4.69) is 21.2 Å². The zero-order valence-electron chi connectivity index (χ0n) is 10.6. The van der Waals surface area contributed by atoms with Gasteiger partial charge in [-0.25, -0.2) is 4.39 Å². The maximum absolute atomic E-state index is 14.1. The van der Waals surface area contributed by atoms with E-state index in [0.29, 0.717) is 28.3 Å². The van der Waals surface area contributed by atoms with Crippen LogP contribution in [-0.2, 0) is 11.2 Å². The van der Waals surface area contributed by atoms with Crippen molar-refractivity contribution in [3.8, 4) is 0 Å². The Morgan fingerprint density at radius 3 is 2.71 bits per heavy atom. The molecule has 3 rings (SSSR count). The SMILES string of the molecule is O=C1Cc2cc(C(Br)c3cccc(Cl)c3F)c(Cl)cc2N1. The fourth-order valence-electron chi connectivity index (χ4n) is 2.35. The van der Waals surface area contributed by atoms with E-state index in [1.54, 1.807) is 18.2 Å². The summed E-state index contributed by atoms with van der Waals surface area (Å²) in [6.07, 6.45) is 0.303. The van der Waals surface area contributed by atoms with E-state index < -0.39 is 10.6 Å². The Balaban J connectivity index is 2.06. The molecule has 1 aliphatic heterocycles. The number of fused-ring (bicyclic) bond motifs is 1. The molecule has 1 aliphatic rings. The number of alkyl halides is 1. The van der Waals surface area contributed by atoms with E-state index in [1.165, 1.54) is 6.07 Å². The summed E-state index contributed by atoms with van der Waals surface area (Å²) >= 11 is 15.5. The largest absolute Gasteiger partial charge is 0.325 e. The number of anilines is 1. The molecule has 0 aliphatic carbocycles. The molecule has 0 saturated heterocycles. The minimum absolute atomic E-state index is 0.0612. The second-order valence-corrected chi connectivity index (χ2v) is 6.49. The predicted molar refractivity (Wildman–Crippen MR) is 86.0 cm³/mol. The molecule has 0 bridgehead atoms. The van der Waals surface area contributed by atoms with E-state index in [1.807, 2.05) is 6.07 Å². The standard InChI is InChI=1S/C15H9BrCl2FNO/c16-14(8-2-1-3-10(17)15(8)19)9-4-7-5-13(21)20-12(7)6-11(9)18/h1-4,6,14H,5H2,(H,20,21). The van der Waals surface area contributed by atoms with Gasteiger partial charge in [-0.1, -0.05) is 57.3 Å². The highest BCUT2D eigenvalue weighted by Crippen LogP contribution is 2.41. The van der Waals surface area contributed by atoms with Crippen molar-refractivity contribution >= 4 is 50.7 Å². The molecule has 0 aromatic heterocycles. The maximum Gasteiger partial charge on any atom is 0.228 e. The number of carbonyl (C=O) groups is 1. The van der Waals surface area contributed by atoms with Crippen molar-refractivity contribution in [2.45, 2.75) is 11.2 Å². The normalized spacial score (nSPS) is 14.8. The van der Waals surface area contributed by atoms with Gasteiger partial charge >= 0.3 is 0 Å². The summed E-state index contributed by atoms with van der Waals surface area (Å²) in [5.74, 6) is -0.551. The van der Waals surface area contributed by atoms with Crippen LogP contribution in [0.4, 0.5) is 10.1 Å². The van der Waals surface area contributed by atoms with Crippen LogP contribution in [0.25, 0.3) is 0 Å². The molecule has 1 unspecified atom stereocenters. The van der Waals surface area contributed by atoms with Gasteiger partial charge in [0.1, 0.15) is 5.82 Å². The van der Waals surface area contributed by atoms with Crippen LogP contribution in [-0.4, -0.2) is 5.91 Å². The van der Waals surface area contributed by atoms with Gasteiger partial charge in [0, 0.05) is 16.3 Å². The van der Waals surface area contributed by atoms with Crippen molar-refractivity contribution in [1.29, 1.82) is 0 Å². The molecule has 108 valence electrons. The molecule has 21 heavy (non-hydrogen) atoms. The number of halogens is 4. The van der Waals surface area contributed by atoms with E-state index in [9.17, 15) is 9.18 Å². The van der Waals surface area contributed by atoms with Crippen LogP contribution in [0.1, 0.15) is 21.5 Å². The first-order valence-corrected chi connectivity index (χ1v) is 7.84. The lowest BCUT2D eigenvalue weighted by Gasteiger charge is -2.15. The quantitative estimate of drug-likeness (QED) is 0.711. The number of carbonyl (C=O) groups excluding carboxylic acids is 1. The van der Waals surface area contributed by atoms with E-state index in [4.69, 9.17) is 23.2 Å². The van der Waals surface area contributed by atoms with Crippen LogP contribution in [0.15, 0.2) is 30.3 Å². The lowest BCUT2D eigenvalue weighted by molar-refractivity contribution is -0.115. The fraction of sp³-hybridized carbons (Fsp3) is 0.133. The molecule has 2 nitrogen and oxygen atoms in total. The van der Waals surface area contributed by atoms with Crippen molar-refractivity contribution in [1.82, 2.24) is 0 Å². The highest BCUT2D eigenvalue weighted by atomic mass is 79.9. The second-order valence-electron chi connectivity index (χ2n) is 4.76. The predicted octanol–water partition coefficient (Wildman–Crippen LogP) is 5.11. The fourth-order valence-corrected chi connectivity index (χ4v) is 3.66. The summed E-state index contributed by atoms with van der Waals surface area (Å²) in [6.45, 7) is 0. The number of benzene rings is 2. The Morgan fingerprint density at radius 1 is 1.19 bits per heavy atom. The molecule has 1 heterocycles. The Bertz CT molecular complexity index is 751. The third kappa shape index (κ3) is 2.68. The lowest BCUT2D eigenvalue weighted by atomic mass is 10.0. The first-order chi connectivity index (χ1) is 9.97. The molecule has 1 N–H and O–H groups in total. The zero-order valence-corrected chi connectivity index (χ0v) is 13.7. The topological polar surface area (TPSA) is 29.1 Å². The summed E-state index contributed by atoms with van der Waals surface area (Å²) in [6, 6.07) is 8.32. The highest BCUT2D eigenvalue weighted by molar-refractivity contribution is 9.09. The van der Waals surface area contributed by atoms with Crippen LogP contribution in [0.5, 0.6) is 0 Å². The second kappa shape index (κ2) is 5.59. The molecule has 0 spiro atoms. The number of nitrogens with one attached hydrogen (secondary N) is 1. The van der Waals surface area contributed by atoms with Gasteiger partial charge in [0.25, 0.3) is 0 Å². The minimum atomic E-state index is -0.480. The molecule has 2 aromatic carbocycles. The maximum atomic E-state index is 14.1. The molecule has 1 amide bonds. The first kappa shape index (κ1) is 14.8. The molecule has 6 heteroatoms. The monoisotopic (exact) mass is 387 g/mol.